The Bertz CT molecular complexity index is 974. The fourth-order valence-corrected chi connectivity index (χ4v) is 4.25. The van der Waals surface area contributed by atoms with Crippen molar-refractivity contribution < 1.29 is 19.1 Å². The summed E-state index contributed by atoms with van der Waals surface area (Å²) in [4.78, 5) is 26.6. The van der Waals surface area contributed by atoms with E-state index in [0.717, 1.165) is 16.2 Å². The Hall–Kier alpha value is -2.93. The van der Waals surface area contributed by atoms with Gasteiger partial charge in [0, 0.05) is 17.0 Å². The van der Waals surface area contributed by atoms with E-state index in [-0.39, 0.29) is 11.7 Å². The molecule has 4 rings (SSSR count). The second kappa shape index (κ2) is 8.21. The molecule has 6 nitrogen and oxygen atoms in total. The van der Waals surface area contributed by atoms with Gasteiger partial charge in [-0.05, 0) is 49.6 Å². The molecule has 29 heavy (non-hydrogen) atoms. The van der Waals surface area contributed by atoms with Crippen molar-refractivity contribution in [3.8, 4) is 11.5 Å². The summed E-state index contributed by atoms with van der Waals surface area (Å²) in [5.41, 5.74) is 1.99. The lowest BCUT2D eigenvalue weighted by Crippen LogP contribution is -2.42. The topological polar surface area (TPSA) is 67.9 Å². The van der Waals surface area contributed by atoms with Crippen LogP contribution < -0.4 is 14.8 Å². The van der Waals surface area contributed by atoms with Crippen LogP contribution in [0.5, 0.6) is 11.5 Å². The van der Waals surface area contributed by atoms with Gasteiger partial charge in [-0.3, -0.25) is 9.59 Å². The molecular formula is C22H22N2O4S. The number of nitrogens with zero attached hydrogens (tertiary/aromatic N) is 1. The normalized spacial score (nSPS) is 15.8. The van der Waals surface area contributed by atoms with Crippen LogP contribution in [0.15, 0.2) is 53.1 Å². The van der Waals surface area contributed by atoms with Crippen LogP contribution in [0.2, 0.25) is 0 Å². The number of amides is 1. The van der Waals surface area contributed by atoms with E-state index in [2.05, 4.69) is 5.32 Å². The van der Waals surface area contributed by atoms with Crippen molar-refractivity contribution in [2.75, 3.05) is 19.8 Å². The number of nitrogens with one attached hydrogen (secondary N) is 1. The number of rotatable bonds is 5. The summed E-state index contributed by atoms with van der Waals surface area (Å²) in [5, 5.41) is 2.84. The van der Waals surface area contributed by atoms with Gasteiger partial charge in [0.15, 0.2) is 17.3 Å². The van der Waals surface area contributed by atoms with Crippen molar-refractivity contribution in [3.05, 3.63) is 59.3 Å². The van der Waals surface area contributed by atoms with Crippen LogP contribution in [0.1, 0.15) is 29.8 Å². The summed E-state index contributed by atoms with van der Waals surface area (Å²) in [7, 11) is 0. The predicted molar refractivity (Wildman–Crippen MR) is 112 cm³/mol. The minimum atomic E-state index is -0.629. The number of likely N-dealkylation sites (N-methyl/N-ethyl adjacent to an activating group) is 1. The maximum atomic E-state index is 13.0. The molecule has 2 aliphatic rings. The second-order valence-corrected chi connectivity index (χ2v) is 7.84. The zero-order valence-corrected chi connectivity index (χ0v) is 17.1. The van der Waals surface area contributed by atoms with Gasteiger partial charge in [-0.1, -0.05) is 30.3 Å². The Morgan fingerprint density at radius 3 is 2.52 bits per heavy atom. The number of fused-ring (bicyclic) bond motifs is 2. The van der Waals surface area contributed by atoms with Crippen molar-refractivity contribution in [2.45, 2.75) is 24.8 Å². The molecule has 150 valence electrons. The van der Waals surface area contributed by atoms with E-state index in [1.807, 2.05) is 47.6 Å². The van der Waals surface area contributed by atoms with E-state index in [1.165, 1.54) is 11.9 Å². The van der Waals surface area contributed by atoms with E-state index in [4.69, 9.17) is 9.47 Å². The Kier molecular flexibility index (Phi) is 5.49. The molecule has 0 aromatic heterocycles. The van der Waals surface area contributed by atoms with Crippen LogP contribution in [0.4, 0.5) is 0 Å². The zero-order valence-electron chi connectivity index (χ0n) is 16.3. The smallest absolute Gasteiger partial charge is 0.269 e. The molecule has 0 aliphatic carbocycles. The van der Waals surface area contributed by atoms with Crippen LogP contribution in [0, 0.1) is 0 Å². The van der Waals surface area contributed by atoms with Gasteiger partial charge in [-0.15, -0.1) is 0 Å². The summed E-state index contributed by atoms with van der Waals surface area (Å²) < 4.78 is 13.2. The van der Waals surface area contributed by atoms with Gasteiger partial charge >= 0.3 is 0 Å². The summed E-state index contributed by atoms with van der Waals surface area (Å²) in [5.74, 6) is 1.01. The third-order valence-electron chi connectivity index (χ3n) is 4.76. The molecule has 0 unspecified atom stereocenters. The van der Waals surface area contributed by atoms with Gasteiger partial charge < -0.3 is 19.1 Å². The van der Waals surface area contributed by atoms with E-state index in [1.54, 1.807) is 19.1 Å². The largest absolute Gasteiger partial charge is 0.486 e. The molecule has 0 bridgehead atoms. The summed E-state index contributed by atoms with van der Waals surface area (Å²) in [6, 6.07) is 12.2. The Balaban J connectivity index is 1.57. The lowest BCUT2D eigenvalue weighted by atomic mass is 10.1. The Morgan fingerprint density at radius 1 is 1.14 bits per heavy atom. The average molecular weight is 410 g/mol. The highest BCUT2D eigenvalue weighted by molar-refractivity contribution is 7.97. The Morgan fingerprint density at radius 2 is 1.83 bits per heavy atom. The molecule has 1 amide bonds. The van der Waals surface area contributed by atoms with Gasteiger partial charge in [-0.2, -0.15) is 0 Å². The highest BCUT2D eigenvalue weighted by Gasteiger charge is 2.28. The lowest BCUT2D eigenvalue weighted by Gasteiger charge is -2.30. The first-order valence-electron chi connectivity index (χ1n) is 9.57. The second-order valence-electron chi connectivity index (χ2n) is 6.77. The van der Waals surface area contributed by atoms with Crippen LogP contribution >= 0.6 is 11.9 Å². The average Bonchev–Trinajstić information content (AvgIpc) is 2.76. The first-order valence-corrected chi connectivity index (χ1v) is 10.3. The van der Waals surface area contributed by atoms with Gasteiger partial charge in [-0.25, -0.2) is 0 Å². The van der Waals surface area contributed by atoms with E-state index >= 15 is 0 Å². The third-order valence-corrected chi connectivity index (χ3v) is 5.99. The molecule has 0 fully saturated rings. The van der Waals surface area contributed by atoms with Crippen molar-refractivity contribution in [2.24, 2.45) is 0 Å². The highest BCUT2D eigenvalue weighted by atomic mass is 32.2. The minimum Gasteiger partial charge on any atom is -0.486 e. The van der Waals surface area contributed by atoms with E-state index in [0.29, 0.717) is 36.8 Å². The molecule has 0 saturated carbocycles. The van der Waals surface area contributed by atoms with Crippen LogP contribution in [0.3, 0.4) is 0 Å². The van der Waals surface area contributed by atoms with Gasteiger partial charge in [0.05, 0.1) is 6.04 Å². The summed E-state index contributed by atoms with van der Waals surface area (Å²) >= 11 is 1.48. The zero-order chi connectivity index (χ0) is 20.4. The quantitative estimate of drug-likeness (QED) is 0.601. The van der Waals surface area contributed by atoms with Gasteiger partial charge in [0.2, 0.25) is 0 Å². The van der Waals surface area contributed by atoms with E-state index < -0.39 is 6.04 Å². The predicted octanol–water partition coefficient (Wildman–Crippen LogP) is 3.53. The fraction of sp³-hybridized carbons (Fsp3) is 0.273. The Labute approximate surface area is 174 Å². The number of ketones is 1. The molecule has 0 radical (unpaired) electrons. The molecule has 2 aromatic rings. The SMILES string of the molecule is CCN1Sc2cc3c(cc2C=C1C(=O)N[C@@H](C)C(=O)c1ccccc1)OCCO3. The van der Waals surface area contributed by atoms with Crippen molar-refractivity contribution in [1.82, 2.24) is 9.62 Å². The van der Waals surface area contributed by atoms with Gasteiger partial charge in [0.1, 0.15) is 18.9 Å². The number of Topliss-reactive ketones (excluding diaryl/α,β-unsaturated/α-hetero) is 1. The van der Waals surface area contributed by atoms with Gasteiger partial charge in [0.25, 0.3) is 5.91 Å². The van der Waals surface area contributed by atoms with Crippen LogP contribution in [0.25, 0.3) is 6.08 Å². The number of carbonyl (C=O) groups excluding carboxylic acids is 2. The van der Waals surface area contributed by atoms with Crippen molar-refractivity contribution in [3.63, 3.8) is 0 Å². The number of carbonyl (C=O) groups is 2. The number of ether oxygens (including phenoxy) is 2. The molecule has 2 aliphatic heterocycles. The maximum absolute atomic E-state index is 13.0. The monoisotopic (exact) mass is 410 g/mol. The fourth-order valence-electron chi connectivity index (χ4n) is 3.27. The minimum absolute atomic E-state index is 0.119. The van der Waals surface area contributed by atoms with Crippen molar-refractivity contribution in [1.29, 1.82) is 0 Å². The molecule has 1 atom stereocenters. The first kappa shape index (κ1) is 19.4. The number of hydrogen-bond donors (Lipinski definition) is 1. The summed E-state index contributed by atoms with van der Waals surface area (Å²) in [6.07, 6.45) is 1.84. The molecule has 2 heterocycles. The molecule has 0 saturated heterocycles. The molecule has 2 aromatic carbocycles. The molecular weight excluding hydrogens is 388 g/mol. The molecule has 0 spiro atoms. The highest BCUT2D eigenvalue weighted by Crippen LogP contribution is 2.43. The third kappa shape index (κ3) is 3.96. The first-order chi connectivity index (χ1) is 14.1. The number of benzene rings is 2. The number of hydrogen-bond acceptors (Lipinski definition) is 6. The van der Waals surface area contributed by atoms with Crippen LogP contribution in [-0.2, 0) is 4.79 Å². The van der Waals surface area contributed by atoms with Crippen LogP contribution in [-0.4, -0.2) is 41.8 Å². The standard InChI is InChI=1S/C22H22N2O4S/c1-3-24-17(22(26)23-14(2)21(25)15-7-5-4-6-8-15)11-16-12-18-19(13-20(16)29-24)28-10-9-27-18/h4-8,11-14H,3,9-10H2,1-2H3,(H,23,26)/t14-/m0/s1. The summed E-state index contributed by atoms with van der Waals surface area (Å²) in [6.45, 7) is 5.37. The maximum Gasteiger partial charge on any atom is 0.269 e. The molecule has 7 heteroatoms. The lowest BCUT2D eigenvalue weighted by molar-refractivity contribution is -0.118. The van der Waals surface area contributed by atoms with E-state index in [9.17, 15) is 9.59 Å². The molecule has 1 N–H and O–H groups in total. The van der Waals surface area contributed by atoms with Crippen molar-refractivity contribution >= 4 is 29.7 Å².